The number of aliphatic hydroxyl groups is 1. The van der Waals surface area contributed by atoms with E-state index in [1.54, 1.807) is 36.6 Å². The summed E-state index contributed by atoms with van der Waals surface area (Å²) in [7, 11) is 0. The van der Waals surface area contributed by atoms with E-state index >= 15 is 0 Å². The van der Waals surface area contributed by atoms with Crippen molar-refractivity contribution in [3.63, 3.8) is 0 Å². The number of H-pyrrole nitrogens is 1. The van der Waals surface area contributed by atoms with Crippen molar-refractivity contribution >= 4 is 29.2 Å². The van der Waals surface area contributed by atoms with E-state index in [9.17, 15) is 5.11 Å². The third kappa shape index (κ3) is 5.48. The Morgan fingerprint density at radius 1 is 1.29 bits per heavy atom. The molecule has 1 unspecified atom stereocenters. The fourth-order valence-corrected chi connectivity index (χ4v) is 3.00. The third-order valence-electron chi connectivity index (χ3n) is 3.74. The Morgan fingerprint density at radius 2 is 2.07 bits per heavy atom. The quantitative estimate of drug-likeness (QED) is 0.343. The van der Waals surface area contributed by atoms with Gasteiger partial charge in [0.05, 0.1) is 12.4 Å². The molecule has 28 heavy (non-hydrogen) atoms. The van der Waals surface area contributed by atoms with Crippen molar-refractivity contribution < 1.29 is 9.52 Å². The van der Waals surface area contributed by atoms with Crippen LogP contribution in [0.5, 0.6) is 0 Å². The Balaban J connectivity index is 1.61. The maximum absolute atomic E-state index is 10.4. The van der Waals surface area contributed by atoms with E-state index in [1.165, 1.54) is 0 Å². The van der Waals surface area contributed by atoms with E-state index in [2.05, 4.69) is 30.8 Å². The SMILES string of the molecule is CCNC(=NCc1nc(-c2ccco2)n[nH]1)NCC(O)c1cc(Cl)cc(Cl)c1. The fraction of sp³-hybridized carbons (Fsp3) is 0.278. The molecule has 4 N–H and O–H groups in total. The normalized spacial score (nSPS) is 12.8. The van der Waals surface area contributed by atoms with Gasteiger partial charge in [-0.15, -0.1) is 5.10 Å². The van der Waals surface area contributed by atoms with Gasteiger partial charge in [0.2, 0.25) is 5.82 Å². The number of aliphatic imine (C=N–C) groups is 1. The molecule has 8 nitrogen and oxygen atoms in total. The van der Waals surface area contributed by atoms with Crippen LogP contribution in [0.3, 0.4) is 0 Å². The number of furan rings is 1. The zero-order chi connectivity index (χ0) is 19.9. The van der Waals surface area contributed by atoms with Crippen LogP contribution in [-0.2, 0) is 6.54 Å². The van der Waals surface area contributed by atoms with Gasteiger partial charge in [0.25, 0.3) is 0 Å². The van der Waals surface area contributed by atoms with Crippen LogP contribution in [0.4, 0.5) is 0 Å². The molecule has 0 fully saturated rings. The molecule has 0 aliphatic heterocycles. The number of aliphatic hydroxyl groups excluding tert-OH is 1. The van der Waals surface area contributed by atoms with Crippen LogP contribution in [0.15, 0.2) is 46.0 Å². The monoisotopic (exact) mass is 422 g/mol. The maximum atomic E-state index is 10.4. The van der Waals surface area contributed by atoms with Crippen LogP contribution in [-0.4, -0.2) is 39.3 Å². The minimum absolute atomic E-state index is 0.233. The minimum atomic E-state index is -0.795. The largest absolute Gasteiger partial charge is 0.461 e. The minimum Gasteiger partial charge on any atom is -0.461 e. The average Bonchev–Trinajstić information content (AvgIpc) is 3.34. The number of hydrogen-bond donors (Lipinski definition) is 4. The van der Waals surface area contributed by atoms with Gasteiger partial charge in [-0.05, 0) is 42.8 Å². The Hall–Kier alpha value is -2.55. The second-order valence-electron chi connectivity index (χ2n) is 5.88. The molecule has 0 bridgehead atoms. The zero-order valence-electron chi connectivity index (χ0n) is 15.1. The Kier molecular flexibility index (Phi) is 6.91. The molecular weight excluding hydrogens is 403 g/mol. The van der Waals surface area contributed by atoms with Gasteiger partial charge in [-0.3, -0.25) is 5.10 Å². The Morgan fingerprint density at radius 3 is 2.75 bits per heavy atom. The second kappa shape index (κ2) is 9.59. The molecule has 2 aromatic heterocycles. The molecule has 1 atom stereocenters. The first kappa shape index (κ1) is 20.2. The van der Waals surface area contributed by atoms with Gasteiger partial charge in [-0.2, -0.15) is 0 Å². The van der Waals surface area contributed by atoms with Gasteiger partial charge < -0.3 is 20.2 Å². The lowest BCUT2D eigenvalue weighted by Gasteiger charge is -2.16. The number of aromatic amines is 1. The molecule has 3 aromatic rings. The van der Waals surface area contributed by atoms with Gasteiger partial charge in [-0.25, -0.2) is 9.98 Å². The molecule has 0 aliphatic carbocycles. The van der Waals surface area contributed by atoms with Crippen molar-refractivity contribution in [1.82, 2.24) is 25.8 Å². The van der Waals surface area contributed by atoms with E-state index in [0.29, 0.717) is 45.5 Å². The summed E-state index contributed by atoms with van der Waals surface area (Å²) in [5, 5.41) is 24.5. The summed E-state index contributed by atoms with van der Waals surface area (Å²) >= 11 is 12.0. The van der Waals surface area contributed by atoms with Gasteiger partial charge in [-0.1, -0.05) is 23.2 Å². The van der Waals surface area contributed by atoms with Crippen LogP contribution in [0.2, 0.25) is 10.0 Å². The van der Waals surface area contributed by atoms with E-state index < -0.39 is 6.10 Å². The summed E-state index contributed by atoms with van der Waals surface area (Å²) in [6.07, 6.45) is 0.769. The lowest BCUT2D eigenvalue weighted by atomic mass is 10.1. The molecule has 0 amide bonds. The van der Waals surface area contributed by atoms with Crippen molar-refractivity contribution in [2.45, 2.75) is 19.6 Å². The molecule has 0 aliphatic rings. The summed E-state index contributed by atoms with van der Waals surface area (Å²) in [4.78, 5) is 8.79. The predicted octanol–water partition coefficient (Wildman–Crippen LogP) is 3.16. The first-order valence-electron chi connectivity index (χ1n) is 8.66. The topological polar surface area (TPSA) is 111 Å². The van der Waals surface area contributed by atoms with Crippen LogP contribution < -0.4 is 10.6 Å². The van der Waals surface area contributed by atoms with Crippen molar-refractivity contribution in [1.29, 1.82) is 0 Å². The Labute approximate surface area is 172 Å². The Bertz CT molecular complexity index is 906. The number of benzene rings is 1. The van der Waals surface area contributed by atoms with Crippen molar-refractivity contribution in [2.24, 2.45) is 4.99 Å². The van der Waals surface area contributed by atoms with Crippen LogP contribution >= 0.6 is 23.2 Å². The van der Waals surface area contributed by atoms with Gasteiger partial charge in [0, 0.05) is 23.1 Å². The number of aromatic nitrogens is 3. The smallest absolute Gasteiger partial charge is 0.216 e. The second-order valence-corrected chi connectivity index (χ2v) is 6.75. The summed E-state index contributed by atoms with van der Waals surface area (Å²) < 4.78 is 5.27. The number of nitrogens with one attached hydrogen (secondary N) is 3. The fourth-order valence-electron chi connectivity index (χ4n) is 2.46. The standard InChI is InChI=1S/C18H20Cl2N6O2/c1-2-21-18(22-9-14(27)11-6-12(19)8-13(20)7-11)23-10-16-24-17(26-25-16)15-4-3-5-28-15/h3-8,14,27H,2,9-10H2,1H3,(H2,21,22,23)(H,24,25,26). The first-order valence-corrected chi connectivity index (χ1v) is 9.42. The average molecular weight is 423 g/mol. The maximum Gasteiger partial charge on any atom is 0.216 e. The highest BCUT2D eigenvalue weighted by Gasteiger charge is 2.11. The lowest BCUT2D eigenvalue weighted by Crippen LogP contribution is -2.39. The molecule has 2 heterocycles. The number of nitrogens with zero attached hydrogens (tertiary/aromatic N) is 3. The van der Waals surface area contributed by atoms with Crippen LogP contribution in [0.1, 0.15) is 24.4 Å². The first-order chi connectivity index (χ1) is 13.5. The zero-order valence-corrected chi connectivity index (χ0v) is 16.6. The van der Waals surface area contributed by atoms with Crippen molar-refractivity contribution in [3.05, 3.63) is 58.0 Å². The van der Waals surface area contributed by atoms with Crippen LogP contribution in [0.25, 0.3) is 11.6 Å². The number of guanidine groups is 1. The van der Waals surface area contributed by atoms with E-state index in [0.717, 1.165) is 0 Å². The molecule has 148 valence electrons. The molecule has 0 saturated heterocycles. The lowest BCUT2D eigenvalue weighted by molar-refractivity contribution is 0.181. The molecule has 0 spiro atoms. The highest BCUT2D eigenvalue weighted by atomic mass is 35.5. The highest BCUT2D eigenvalue weighted by Crippen LogP contribution is 2.23. The highest BCUT2D eigenvalue weighted by molar-refractivity contribution is 6.34. The summed E-state index contributed by atoms with van der Waals surface area (Å²) in [6.45, 7) is 3.13. The molecule has 10 heteroatoms. The van der Waals surface area contributed by atoms with Crippen molar-refractivity contribution in [2.75, 3.05) is 13.1 Å². The third-order valence-corrected chi connectivity index (χ3v) is 4.17. The van der Waals surface area contributed by atoms with Gasteiger partial charge in [0.1, 0.15) is 12.4 Å². The molecule has 0 saturated carbocycles. The predicted molar refractivity (Wildman–Crippen MR) is 108 cm³/mol. The summed E-state index contributed by atoms with van der Waals surface area (Å²) in [5.74, 6) is 2.18. The van der Waals surface area contributed by atoms with Gasteiger partial charge in [0.15, 0.2) is 11.7 Å². The number of rotatable bonds is 7. The van der Waals surface area contributed by atoms with Crippen molar-refractivity contribution in [3.8, 4) is 11.6 Å². The summed E-state index contributed by atoms with van der Waals surface area (Å²) in [5.41, 5.74) is 0.624. The van der Waals surface area contributed by atoms with Crippen LogP contribution in [0, 0.1) is 0 Å². The molecule has 3 rings (SSSR count). The van der Waals surface area contributed by atoms with E-state index in [4.69, 9.17) is 27.6 Å². The van der Waals surface area contributed by atoms with Gasteiger partial charge >= 0.3 is 0 Å². The summed E-state index contributed by atoms with van der Waals surface area (Å²) in [6, 6.07) is 8.52. The van der Waals surface area contributed by atoms with E-state index in [1.807, 2.05) is 6.92 Å². The van der Waals surface area contributed by atoms with E-state index in [-0.39, 0.29) is 13.1 Å². The number of halogens is 2. The number of hydrogen-bond acceptors (Lipinski definition) is 5. The molecular formula is C18H20Cl2N6O2. The molecule has 1 aromatic carbocycles. The molecule has 0 radical (unpaired) electrons.